The molecule has 1 saturated heterocycles. The number of benzene rings is 1. The highest BCUT2D eigenvalue weighted by Crippen LogP contribution is 2.31. The molecule has 2 aliphatic rings. The number of rotatable bonds is 3. The van der Waals surface area contributed by atoms with Crippen LogP contribution in [0.1, 0.15) is 5.56 Å². The van der Waals surface area contributed by atoms with E-state index in [1.165, 1.54) is 12.7 Å². The Kier molecular flexibility index (Phi) is 4.47. The molecule has 114 valence electrons. The van der Waals surface area contributed by atoms with Crippen LogP contribution in [0.3, 0.4) is 0 Å². The number of halogens is 1. The van der Waals surface area contributed by atoms with Crippen molar-refractivity contribution in [2.45, 2.75) is 18.6 Å². The molecule has 5 nitrogen and oxygen atoms in total. The lowest BCUT2D eigenvalue weighted by Crippen LogP contribution is -2.49. The van der Waals surface area contributed by atoms with E-state index < -0.39 is 6.10 Å². The second-order valence-corrected chi connectivity index (χ2v) is 6.25. The van der Waals surface area contributed by atoms with Crippen LogP contribution in [-0.2, 0) is 20.7 Å². The van der Waals surface area contributed by atoms with E-state index in [0.29, 0.717) is 13.2 Å². The molecule has 0 bridgehead atoms. The van der Waals surface area contributed by atoms with Gasteiger partial charge in [-0.25, -0.2) is 4.79 Å². The van der Waals surface area contributed by atoms with Crippen molar-refractivity contribution < 1.29 is 19.0 Å². The van der Waals surface area contributed by atoms with E-state index in [1.54, 1.807) is 0 Å². The van der Waals surface area contributed by atoms with Gasteiger partial charge in [0.1, 0.15) is 11.9 Å². The zero-order chi connectivity index (χ0) is 14.8. The third-order valence-electron chi connectivity index (χ3n) is 3.84. The van der Waals surface area contributed by atoms with Gasteiger partial charge in [-0.2, -0.15) is 0 Å². The normalized spacial score (nSPS) is 25.2. The zero-order valence-electron chi connectivity index (χ0n) is 11.9. The van der Waals surface area contributed by atoms with E-state index in [1.807, 2.05) is 12.1 Å². The Morgan fingerprint density at radius 2 is 2.38 bits per heavy atom. The van der Waals surface area contributed by atoms with Gasteiger partial charge in [0.05, 0.1) is 13.7 Å². The van der Waals surface area contributed by atoms with Crippen molar-refractivity contribution in [3.05, 3.63) is 28.2 Å². The summed E-state index contributed by atoms with van der Waals surface area (Å²) in [5, 5.41) is 0. The van der Waals surface area contributed by atoms with E-state index in [0.717, 1.165) is 29.7 Å². The fourth-order valence-corrected chi connectivity index (χ4v) is 3.23. The number of nitrogens with zero attached hydrogens (tertiary/aromatic N) is 1. The van der Waals surface area contributed by atoms with E-state index in [2.05, 4.69) is 26.9 Å². The minimum absolute atomic E-state index is 0.130. The van der Waals surface area contributed by atoms with Crippen LogP contribution in [0.2, 0.25) is 0 Å². The maximum atomic E-state index is 11.6. The first-order valence-corrected chi connectivity index (χ1v) is 7.82. The highest BCUT2D eigenvalue weighted by Gasteiger charge is 2.31. The smallest absolute Gasteiger partial charge is 0.336 e. The molecular formula is C15H18BrNO4. The summed E-state index contributed by atoms with van der Waals surface area (Å²) in [5.74, 6) is 0.653. The molecule has 1 aromatic carbocycles. The summed E-state index contributed by atoms with van der Waals surface area (Å²) in [6, 6.07) is 6.09. The van der Waals surface area contributed by atoms with Gasteiger partial charge in [0.15, 0.2) is 6.10 Å². The molecule has 0 saturated carbocycles. The van der Waals surface area contributed by atoms with Crippen molar-refractivity contribution in [3.8, 4) is 5.75 Å². The minimum Gasteiger partial charge on any atom is -0.488 e. The predicted octanol–water partition coefficient (Wildman–Crippen LogP) is 1.63. The van der Waals surface area contributed by atoms with Crippen LogP contribution in [0.25, 0.3) is 0 Å². The van der Waals surface area contributed by atoms with Crippen LogP contribution >= 0.6 is 15.9 Å². The molecule has 0 N–H and O–H groups in total. The number of morpholine rings is 1. The lowest BCUT2D eigenvalue weighted by atomic mass is 10.1. The highest BCUT2D eigenvalue weighted by molar-refractivity contribution is 9.10. The monoisotopic (exact) mass is 355 g/mol. The molecule has 0 aromatic heterocycles. The average Bonchev–Trinajstić information content (AvgIpc) is 2.88. The summed E-state index contributed by atoms with van der Waals surface area (Å²) in [6.07, 6.45) is 0.544. The summed E-state index contributed by atoms with van der Waals surface area (Å²) in [4.78, 5) is 13.8. The van der Waals surface area contributed by atoms with Crippen LogP contribution in [0.5, 0.6) is 5.75 Å². The second-order valence-electron chi connectivity index (χ2n) is 5.34. The molecule has 1 aromatic rings. The van der Waals surface area contributed by atoms with Gasteiger partial charge in [-0.3, -0.25) is 4.90 Å². The van der Waals surface area contributed by atoms with Crippen molar-refractivity contribution in [3.63, 3.8) is 0 Å². The summed E-state index contributed by atoms with van der Waals surface area (Å²) >= 11 is 3.48. The SMILES string of the molecule is COC(=O)C1CN(CC2Cc3cc(Br)ccc3O2)CCO1. The third-order valence-corrected chi connectivity index (χ3v) is 4.33. The van der Waals surface area contributed by atoms with Gasteiger partial charge < -0.3 is 14.2 Å². The number of hydrogen-bond donors (Lipinski definition) is 0. The Bertz CT molecular complexity index is 536. The molecule has 2 unspecified atom stereocenters. The van der Waals surface area contributed by atoms with Gasteiger partial charge in [-0.1, -0.05) is 15.9 Å². The summed E-state index contributed by atoms with van der Waals surface area (Å²) in [7, 11) is 1.39. The molecule has 0 amide bonds. The van der Waals surface area contributed by atoms with Crippen molar-refractivity contribution in [1.29, 1.82) is 0 Å². The fourth-order valence-electron chi connectivity index (χ4n) is 2.82. The number of carbonyl (C=O) groups excluding carboxylic acids is 1. The molecule has 0 spiro atoms. The minimum atomic E-state index is -0.485. The van der Waals surface area contributed by atoms with Gasteiger partial charge in [-0.15, -0.1) is 0 Å². The average molecular weight is 356 g/mol. The van der Waals surface area contributed by atoms with Crippen molar-refractivity contribution in [2.75, 3.05) is 33.4 Å². The molecular weight excluding hydrogens is 338 g/mol. The molecule has 3 rings (SSSR count). The Labute approximate surface area is 132 Å². The number of ether oxygens (including phenoxy) is 3. The number of carbonyl (C=O) groups is 1. The van der Waals surface area contributed by atoms with Crippen LogP contribution in [-0.4, -0.2) is 56.4 Å². The van der Waals surface area contributed by atoms with E-state index >= 15 is 0 Å². The number of fused-ring (bicyclic) bond motifs is 1. The maximum absolute atomic E-state index is 11.6. The molecule has 1 fully saturated rings. The number of methoxy groups -OCH3 is 1. The first-order chi connectivity index (χ1) is 10.2. The Morgan fingerprint density at radius 3 is 3.19 bits per heavy atom. The van der Waals surface area contributed by atoms with Crippen LogP contribution < -0.4 is 4.74 Å². The zero-order valence-corrected chi connectivity index (χ0v) is 13.5. The first kappa shape index (κ1) is 14.8. The van der Waals surface area contributed by atoms with E-state index in [9.17, 15) is 4.79 Å². The number of esters is 1. The predicted molar refractivity (Wildman–Crippen MR) is 80.5 cm³/mol. The van der Waals surface area contributed by atoms with Crippen molar-refractivity contribution in [2.24, 2.45) is 0 Å². The van der Waals surface area contributed by atoms with E-state index in [-0.39, 0.29) is 12.1 Å². The molecule has 6 heteroatoms. The van der Waals surface area contributed by atoms with Crippen LogP contribution in [0.4, 0.5) is 0 Å². The summed E-state index contributed by atoms with van der Waals surface area (Å²) in [6.45, 7) is 2.72. The van der Waals surface area contributed by atoms with Gasteiger partial charge in [0, 0.05) is 30.5 Å². The molecule has 0 aliphatic carbocycles. The first-order valence-electron chi connectivity index (χ1n) is 7.02. The quantitative estimate of drug-likeness (QED) is 0.771. The molecule has 21 heavy (non-hydrogen) atoms. The van der Waals surface area contributed by atoms with Crippen molar-refractivity contribution in [1.82, 2.24) is 4.90 Å². The fraction of sp³-hybridized carbons (Fsp3) is 0.533. The lowest BCUT2D eigenvalue weighted by Gasteiger charge is -2.32. The van der Waals surface area contributed by atoms with Gasteiger partial charge in [-0.05, 0) is 23.8 Å². The Hall–Kier alpha value is -1.11. The number of hydrogen-bond acceptors (Lipinski definition) is 5. The van der Waals surface area contributed by atoms with Gasteiger partial charge in [0.2, 0.25) is 0 Å². The highest BCUT2D eigenvalue weighted by atomic mass is 79.9. The summed E-state index contributed by atoms with van der Waals surface area (Å²) in [5.41, 5.74) is 1.23. The molecule has 2 atom stereocenters. The van der Waals surface area contributed by atoms with Gasteiger partial charge in [0.25, 0.3) is 0 Å². The van der Waals surface area contributed by atoms with Gasteiger partial charge >= 0.3 is 5.97 Å². The maximum Gasteiger partial charge on any atom is 0.336 e. The van der Waals surface area contributed by atoms with E-state index in [4.69, 9.17) is 14.2 Å². The Morgan fingerprint density at radius 1 is 1.52 bits per heavy atom. The second kappa shape index (κ2) is 6.34. The largest absolute Gasteiger partial charge is 0.488 e. The van der Waals surface area contributed by atoms with Crippen LogP contribution in [0, 0.1) is 0 Å². The third kappa shape index (κ3) is 3.39. The topological polar surface area (TPSA) is 48.0 Å². The lowest BCUT2D eigenvalue weighted by molar-refractivity contribution is -0.160. The Balaban J connectivity index is 1.57. The molecule has 2 aliphatic heterocycles. The standard InChI is InChI=1S/C15H18BrNO4/c1-19-15(18)14-9-17(4-5-20-14)8-12-7-10-6-11(16)2-3-13(10)21-12/h2-3,6,12,14H,4-5,7-9H2,1H3. The van der Waals surface area contributed by atoms with Crippen LogP contribution in [0.15, 0.2) is 22.7 Å². The molecule has 2 heterocycles. The van der Waals surface area contributed by atoms with Crippen molar-refractivity contribution >= 4 is 21.9 Å². The molecule has 0 radical (unpaired) electrons. The summed E-state index contributed by atoms with van der Waals surface area (Å²) < 4.78 is 17.2.